The monoisotopic (exact) mass is 390 g/mol. The molecule has 0 unspecified atom stereocenters. The number of piperazine rings is 1. The van der Waals surface area contributed by atoms with Gasteiger partial charge < -0.3 is 14.5 Å². The largest absolute Gasteiger partial charge is 0.379 e. The van der Waals surface area contributed by atoms with E-state index in [9.17, 15) is 4.79 Å². The van der Waals surface area contributed by atoms with Gasteiger partial charge in [-0.05, 0) is 13.0 Å². The van der Waals surface area contributed by atoms with Gasteiger partial charge in [-0.15, -0.1) is 11.3 Å². The van der Waals surface area contributed by atoms with Gasteiger partial charge >= 0.3 is 0 Å². The number of nitrogens with zero attached hydrogens (tertiary/aromatic N) is 6. The maximum Gasteiger partial charge on any atom is 0.274 e. The van der Waals surface area contributed by atoms with Gasteiger partial charge in [0.25, 0.3) is 5.91 Å². The number of ether oxygens (including phenoxy) is 1. The predicted molar refractivity (Wildman–Crippen MR) is 104 cm³/mol. The molecule has 9 heteroatoms. The number of anilines is 1. The van der Waals surface area contributed by atoms with E-state index in [1.54, 1.807) is 22.1 Å². The van der Waals surface area contributed by atoms with Crippen LogP contribution in [0.4, 0.5) is 5.13 Å². The van der Waals surface area contributed by atoms with Gasteiger partial charge in [-0.3, -0.25) is 14.4 Å². The highest BCUT2D eigenvalue weighted by atomic mass is 32.1. The van der Waals surface area contributed by atoms with Gasteiger partial charge in [-0.25, -0.2) is 4.98 Å². The van der Waals surface area contributed by atoms with Crippen molar-refractivity contribution >= 4 is 22.4 Å². The molecule has 27 heavy (non-hydrogen) atoms. The van der Waals surface area contributed by atoms with E-state index in [4.69, 9.17) is 9.72 Å². The summed E-state index contributed by atoms with van der Waals surface area (Å²) in [7, 11) is 0. The number of hydrogen-bond donors (Lipinski definition) is 0. The molecule has 146 valence electrons. The molecule has 2 aliphatic heterocycles. The summed E-state index contributed by atoms with van der Waals surface area (Å²) in [6.45, 7) is 10.3. The van der Waals surface area contributed by atoms with E-state index < -0.39 is 0 Å². The molecule has 0 atom stereocenters. The number of rotatable bonds is 5. The summed E-state index contributed by atoms with van der Waals surface area (Å²) >= 11 is 1.69. The zero-order valence-electron chi connectivity index (χ0n) is 15.7. The Labute approximate surface area is 163 Å². The second-order valence-corrected chi connectivity index (χ2v) is 7.68. The summed E-state index contributed by atoms with van der Waals surface area (Å²) in [4.78, 5) is 24.0. The van der Waals surface area contributed by atoms with Gasteiger partial charge in [-0.2, -0.15) is 5.10 Å². The zero-order chi connectivity index (χ0) is 18.6. The fourth-order valence-corrected chi connectivity index (χ4v) is 4.29. The van der Waals surface area contributed by atoms with Gasteiger partial charge in [-0.1, -0.05) is 0 Å². The Balaban J connectivity index is 1.30. The first kappa shape index (κ1) is 18.4. The van der Waals surface area contributed by atoms with Crippen molar-refractivity contribution in [3.05, 3.63) is 29.0 Å². The molecule has 2 fully saturated rings. The molecule has 0 bridgehead atoms. The van der Waals surface area contributed by atoms with Gasteiger partial charge in [0.15, 0.2) is 5.13 Å². The van der Waals surface area contributed by atoms with Crippen LogP contribution in [0.25, 0.3) is 0 Å². The Bertz CT molecular complexity index is 761. The molecule has 0 aliphatic carbocycles. The third-order valence-corrected chi connectivity index (χ3v) is 6.00. The molecular weight excluding hydrogens is 364 g/mol. The molecule has 2 aromatic heterocycles. The SMILES string of the molecule is CCn1ccc(C(=O)N2CCN(c3nc(CN4CCOCC4)cs3)CC2)n1. The molecule has 0 aromatic carbocycles. The van der Waals surface area contributed by atoms with Crippen LogP contribution in [0.1, 0.15) is 23.1 Å². The smallest absolute Gasteiger partial charge is 0.274 e. The van der Waals surface area contributed by atoms with Crippen molar-refractivity contribution < 1.29 is 9.53 Å². The van der Waals surface area contributed by atoms with Crippen molar-refractivity contribution in [3.63, 3.8) is 0 Å². The average Bonchev–Trinajstić information content (AvgIpc) is 3.38. The number of carbonyl (C=O) groups excluding carboxylic acids is 1. The van der Waals surface area contributed by atoms with Crippen LogP contribution in [0.15, 0.2) is 17.6 Å². The van der Waals surface area contributed by atoms with E-state index in [1.165, 1.54) is 0 Å². The first-order valence-electron chi connectivity index (χ1n) is 9.55. The maximum atomic E-state index is 12.6. The highest BCUT2D eigenvalue weighted by molar-refractivity contribution is 7.13. The summed E-state index contributed by atoms with van der Waals surface area (Å²) in [5, 5.41) is 7.54. The van der Waals surface area contributed by atoms with E-state index in [0.717, 1.165) is 63.3 Å². The summed E-state index contributed by atoms with van der Waals surface area (Å²) in [6, 6.07) is 1.80. The van der Waals surface area contributed by atoms with Crippen LogP contribution in [-0.4, -0.2) is 83.0 Å². The molecule has 2 aromatic rings. The molecule has 0 spiro atoms. The molecule has 2 saturated heterocycles. The lowest BCUT2D eigenvalue weighted by Crippen LogP contribution is -2.49. The number of aromatic nitrogens is 3. The number of thiazole rings is 1. The lowest BCUT2D eigenvalue weighted by atomic mass is 10.3. The quantitative estimate of drug-likeness (QED) is 0.763. The minimum atomic E-state index is 0.0222. The maximum absolute atomic E-state index is 12.6. The van der Waals surface area contributed by atoms with E-state index in [2.05, 4.69) is 20.3 Å². The van der Waals surface area contributed by atoms with Gasteiger partial charge in [0.1, 0.15) is 5.69 Å². The second-order valence-electron chi connectivity index (χ2n) is 6.85. The molecule has 0 saturated carbocycles. The molecule has 4 rings (SSSR count). The van der Waals surface area contributed by atoms with Gasteiger partial charge in [0.05, 0.1) is 18.9 Å². The van der Waals surface area contributed by atoms with Crippen molar-refractivity contribution in [1.82, 2.24) is 24.6 Å². The van der Waals surface area contributed by atoms with Crippen molar-refractivity contribution in [2.75, 3.05) is 57.4 Å². The van der Waals surface area contributed by atoms with Crippen molar-refractivity contribution in [3.8, 4) is 0 Å². The fourth-order valence-electron chi connectivity index (χ4n) is 3.42. The van der Waals surface area contributed by atoms with Crippen molar-refractivity contribution in [2.45, 2.75) is 20.0 Å². The van der Waals surface area contributed by atoms with Crippen LogP contribution in [0, 0.1) is 0 Å². The average molecular weight is 391 g/mol. The standard InChI is InChI=1S/C18H26N6O2S/c1-2-24-4-3-16(20-24)17(25)22-5-7-23(8-6-22)18-19-15(14-27-18)13-21-9-11-26-12-10-21/h3-4,14H,2,5-13H2,1H3. The van der Waals surface area contributed by atoms with Crippen LogP contribution < -0.4 is 4.90 Å². The normalized spacial score (nSPS) is 18.9. The predicted octanol–water partition coefficient (Wildman–Crippen LogP) is 1.15. The molecule has 1 amide bonds. The number of carbonyl (C=O) groups is 1. The number of aryl methyl sites for hydroxylation is 1. The van der Waals surface area contributed by atoms with Crippen LogP contribution in [0.3, 0.4) is 0 Å². The van der Waals surface area contributed by atoms with Gasteiger partial charge in [0, 0.05) is 63.9 Å². The number of hydrogen-bond acceptors (Lipinski definition) is 7. The Hall–Kier alpha value is -1.97. The first-order chi connectivity index (χ1) is 13.2. The number of amides is 1. The third-order valence-electron chi connectivity index (χ3n) is 5.05. The minimum Gasteiger partial charge on any atom is -0.379 e. The fraction of sp³-hybridized carbons (Fsp3) is 0.611. The minimum absolute atomic E-state index is 0.0222. The Morgan fingerprint density at radius 1 is 1.19 bits per heavy atom. The lowest BCUT2D eigenvalue weighted by molar-refractivity contribution is 0.0337. The van der Waals surface area contributed by atoms with Crippen LogP contribution in [0.2, 0.25) is 0 Å². The summed E-state index contributed by atoms with van der Waals surface area (Å²) in [6.07, 6.45) is 1.86. The highest BCUT2D eigenvalue weighted by Crippen LogP contribution is 2.23. The Morgan fingerprint density at radius 3 is 2.67 bits per heavy atom. The topological polar surface area (TPSA) is 66.7 Å². The summed E-state index contributed by atoms with van der Waals surface area (Å²) in [5.74, 6) is 0.0222. The molecule has 4 heterocycles. The van der Waals surface area contributed by atoms with Crippen LogP contribution in [0.5, 0.6) is 0 Å². The third kappa shape index (κ3) is 4.31. The molecule has 2 aliphatic rings. The van der Waals surface area contributed by atoms with E-state index in [0.29, 0.717) is 18.8 Å². The zero-order valence-corrected chi connectivity index (χ0v) is 16.5. The van der Waals surface area contributed by atoms with E-state index in [1.807, 2.05) is 18.0 Å². The van der Waals surface area contributed by atoms with Crippen LogP contribution >= 0.6 is 11.3 Å². The first-order valence-corrected chi connectivity index (χ1v) is 10.4. The lowest BCUT2D eigenvalue weighted by Gasteiger charge is -2.34. The Kier molecular flexibility index (Phi) is 5.70. The molecular formula is C18H26N6O2S. The molecule has 8 nitrogen and oxygen atoms in total. The van der Waals surface area contributed by atoms with Crippen molar-refractivity contribution in [1.29, 1.82) is 0 Å². The second kappa shape index (κ2) is 8.37. The van der Waals surface area contributed by atoms with Gasteiger partial charge in [0.2, 0.25) is 0 Å². The summed E-state index contributed by atoms with van der Waals surface area (Å²) < 4.78 is 7.19. The van der Waals surface area contributed by atoms with E-state index >= 15 is 0 Å². The van der Waals surface area contributed by atoms with E-state index in [-0.39, 0.29) is 5.91 Å². The summed E-state index contributed by atoms with van der Waals surface area (Å²) in [5.41, 5.74) is 1.66. The number of morpholine rings is 1. The Morgan fingerprint density at radius 2 is 1.96 bits per heavy atom. The highest BCUT2D eigenvalue weighted by Gasteiger charge is 2.25. The van der Waals surface area contributed by atoms with Crippen molar-refractivity contribution in [2.24, 2.45) is 0 Å². The molecule has 0 N–H and O–H groups in total. The van der Waals surface area contributed by atoms with Crippen LogP contribution in [-0.2, 0) is 17.8 Å². The molecule has 0 radical (unpaired) electrons.